The predicted octanol–water partition coefficient (Wildman–Crippen LogP) is 2.56. The van der Waals surface area contributed by atoms with Gasteiger partial charge in [-0.05, 0) is 42.8 Å². The first-order chi connectivity index (χ1) is 8.17. The molecule has 2 nitrogen and oxygen atoms in total. The van der Waals surface area contributed by atoms with Gasteiger partial charge >= 0.3 is 0 Å². The molecule has 0 fully saturated rings. The average Bonchev–Trinajstić information content (AvgIpc) is 2.35. The van der Waals surface area contributed by atoms with Crippen molar-refractivity contribution in [3.05, 3.63) is 29.8 Å². The Balaban J connectivity index is 2.34. The van der Waals surface area contributed by atoms with Crippen LogP contribution in [-0.4, -0.2) is 30.6 Å². The van der Waals surface area contributed by atoms with Crippen molar-refractivity contribution < 1.29 is 5.11 Å². The molecule has 3 heteroatoms. The van der Waals surface area contributed by atoms with Crippen molar-refractivity contribution in [3.63, 3.8) is 0 Å². The molecule has 17 heavy (non-hydrogen) atoms. The highest BCUT2D eigenvalue weighted by Crippen LogP contribution is 2.14. The van der Waals surface area contributed by atoms with Crippen molar-refractivity contribution in [1.82, 2.24) is 5.32 Å². The van der Waals surface area contributed by atoms with E-state index in [-0.39, 0.29) is 12.6 Å². The van der Waals surface area contributed by atoms with Gasteiger partial charge in [0.15, 0.2) is 0 Å². The predicted molar refractivity (Wildman–Crippen MR) is 75.6 cm³/mol. The third kappa shape index (κ3) is 5.11. The van der Waals surface area contributed by atoms with Gasteiger partial charge in [-0.15, -0.1) is 11.8 Å². The summed E-state index contributed by atoms with van der Waals surface area (Å²) in [6.45, 7) is 5.38. The van der Waals surface area contributed by atoms with Gasteiger partial charge in [0.2, 0.25) is 0 Å². The first kappa shape index (κ1) is 14.6. The second kappa shape index (κ2) is 7.75. The summed E-state index contributed by atoms with van der Waals surface area (Å²) < 4.78 is 0. The first-order valence-electron chi connectivity index (χ1n) is 6.14. The summed E-state index contributed by atoms with van der Waals surface area (Å²) >= 11 is 1.77. The normalized spacial score (nSPS) is 13.0. The van der Waals surface area contributed by atoms with E-state index < -0.39 is 0 Å². The minimum Gasteiger partial charge on any atom is -0.395 e. The Morgan fingerprint density at radius 2 is 1.88 bits per heavy atom. The third-order valence-electron chi connectivity index (χ3n) is 2.98. The van der Waals surface area contributed by atoms with Crippen molar-refractivity contribution in [2.45, 2.75) is 31.2 Å². The summed E-state index contributed by atoms with van der Waals surface area (Å²) in [4.78, 5) is 1.30. The highest BCUT2D eigenvalue weighted by Gasteiger charge is 2.10. The van der Waals surface area contributed by atoms with Gasteiger partial charge in [0.05, 0.1) is 6.61 Å². The number of hydrogen-bond donors (Lipinski definition) is 2. The number of nitrogens with one attached hydrogen (secondary N) is 1. The van der Waals surface area contributed by atoms with Crippen LogP contribution in [0, 0.1) is 5.92 Å². The molecule has 1 aromatic carbocycles. The van der Waals surface area contributed by atoms with Gasteiger partial charge in [0.25, 0.3) is 0 Å². The van der Waals surface area contributed by atoms with E-state index >= 15 is 0 Å². The SMILES string of the molecule is CSc1ccc(CCNC(CO)C(C)C)cc1. The molecule has 0 aliphatic rings. The molecule has 1 atom stereocenters. The Bertz CT molecular complexity index is 311. The van der Waals surface area contributed by atoms with Gasteiger partial charge in [-0.3, -0.25) is 0 Å². The lowest BCUT2D eigenvalue weighted by molar-refractivity contribution is 0.212. The van der Waals surface area contributed by atoms with Crippen LogP contribution in [0.25, 0.3) is 0 Å². The topological polar surface area (TPSA) is 32.3 Å². The zero-order valence-electron chi connectivity index (χ0n) is 10.9. The Kier molecular flexibility index (Phi) is 6.63. The molecule has 0 aliphatic heterocycles. The molecule has 0 bridgehead atoms. The Morgan fingerprint density at radius 1 is 1.24 bits per heavy atom. The molecule has 0 heterocycles. The van der Waals surface area contributed by atoms with Crippen LogP contribution >= 0.6 is 11.8 Å². The van der Waals surface area contributed by atoms with Crippen molar-refractivity contribution >= 4 is 11.8 Å². The Labute approximate surface area is 109 Å². The van der Waals surface area contributed by atoms with Crippen LogP contribution in [0.1, 0.15) is 19.4 Å². The second-order valence-corrected chi connectivity index (χ2v) is 5.46. The summed E-state index contributed by atoms with van der Waals surface area (Å²) in [6, 6.07) is 8.88. The van der Waals surface area contributed by atoms with Crippen LogP contribution < -0.4 is 5.32 Å². The largest absolute Gasteiger partial charge is 0.395 e. The molecule has 2 N–H and O–H groups in total. The average molecular weight is 253 g/mol. The smallest absolute Gasteiger partial charge is 0.0587 e. The van der Waals surface area contributed by atoms with Crippen molar-refractivity contribution in [2.24, 2.45) is 5.92 Å². The minimum atomic E-state index is 0.209. The standard InChI is InChI=1S/C14H23NOS/c1-11(2)14(10-16)15-9-8-12-4-6-13(17-3)7-5-12/h4-7,11,14-16H,8-10H2,1-3H3. The maximum absolute atomic E-state index is 9.20. The molecule has 0 saturated heterocycles. The molecule has 0 amide bonds. The highest BCUT2D eigenvalue weighted by molar-refractivity contribution is 7.98. The summed E-state index contributed by atoms with van der Waals surface area (Å²) in [7, 11) is 0. The van der Waals surface area contributed by atoms with E-state index in [4.69, 9.17) is 0 Å². The van der Waals surface area contributed by atoms with Crippen LogP contribution in [-0.2, 0) is 6.42 Å². The lowest BCUT2D eigenvalue weighted by atomic mass is 10.1. The van der Waals surface area contributed by atoms with Gasteiger partial charge in [-0.2, -0.15) is 0 Å². The number of aliphatic hydroxyl groups excluding tert-OH is 1. The van der Waals surface area contributed by atoms with E-state index in [1.165, 1.54) is 10.5 Å². The van der Waals surface area contributed by atoms with Crippen LogP contribution in [0.4, 0.5) is 0 Å². The maximum atomic E-state index is 9.20. The molecular weight excluding hydrogens is 230 g/mol. The van der Waals surface area contributed by atoms with Crippen molar-refractivity contribution in [2.75, 3.05) is 19.4 Å². The number of benzene rings is 1. The molecule has 0 saturated carbocycles. The molecule has 96 valence electrons. The Morgan fingerprint density at radius 3 is 2.35 bits per heavy atom. The van der Waals surface area contributed by atoms with E-state index in [0.29, 0.717) is 5.92 Å². The van der Waals surface area contributed by atoms with Gasteiger partial charge in [0.1, 0.15) is 0 Å². The highest BCUT2D eigenvalue weighted by atomic mass is 32.2. The fourth-order valence-electron chi connectivity index (χ4n) is 1.71. The Hall–Kier alpha value is -0.510. The molecule has 0 radical (unpaired) electrons. The second-order valence-electron chi connectivity index (χ2n) is 4.59. The fourth-order valence-corrected chi connectivity index (χ4v) is 2.11. The number of thioether (sulfide) groups is 1. The quantitative estimate of drug-likeness (QED) is 0.733. The molecule has 0 aliphatic carbocycles. The summed E-state index contributed by atoms with van der Waals surface area (Å²) in [5, 5.41) is 12.6. The number of aliphatic hydroxyl groups is 1. The molecule has 1 unspecified atom stereocenters. The first-order valence-corrected chi connectivity index (χ1v) is 7.37. The van der Waals surface area contributed by atoms with Crippen LogP contribution in [0.2, 0.25) is 0 Å². The van der Waals surface area contributed by atoms with Gasteiger partial charge < -0.3 is 10.4 Å². The molecular formula is C14H23NOS. The minimum absolute atomic E-state index is 0.209. The fraction of sp³-hybridized carbons (Fsp3) is 0.571. The third-order valence-corrected chi connectivity index (χ3v) is 3.72. The molecule has 1 rings (SSSR count). The van der Waals surface area contributed by atoms with E-state index in [1.54, 1.807) is 11.8 Å². The lowest BCUT2D eigenvalue weighted by Crippen LogP contribution is -2.38. The van der Waals surface area contributed by atoms with Crippen LogP contribution in [0.3, 0.4) is 0 Å². The zero-order valence-corrected chi connectivity index (χ0v) is 11.8. The van der Waals surface area contributed by atoms with Gasteiger partial charge in [0, 0.05) is 10.9 Å². The van der Waals surface area contributed by atoms with E-state index in [2.05, 4.69) is 49.7 Å². The number of hydrogen-bond acceptors (Lipinski definition) is 3. The molecule has 0 aromatic heterocycles. The monoisotopic (exact) mass is 253 g/mol. The summed E-state index contributed by atoms with van der Waals surface area (Å²) in [5.41, 5.74) is 1.34. The summed E-state index contributed by atoms with van der Waals surface area (Å²) in [6.07, 6.45) is 3.10. The van der Waals surface area contributed by atoms with E-state index in [0.717, 1.165) is 13.0 Å². The van der Waals surface area contributed by atoms with Crippen molar-refractivity contribution in [3.8, 4) is 0 Å². The zero-order chi connectivity index (χ0) is 12.7. The number of rotatable bonds is 7. The maximum Gasteiger partial charge on any atom is 0.0587 e. The lowest BCUT2D eigenvalue weighted by Gasteiger charge is -2.19. The molecule has 1 aromatic rings. The van der Waals surface area contributed by atoms with Crippen LogP contribution in [0.5, 0.6) is 0 Å². The van der Waals surface area contributed by atoms with Gasteiger partial charge in [-0.1, -0.05) is 26.0 Å². The van der Waals surface area contributed by atoms with E-state index in [9.17, 15) is 5.11 Å². The van der Waals surface area contributed by atoms with E-state index in [1.807, 2.05) is 0 Å². The summed E-state index contributed by atoms with van der Waals surface area (Å²) in [5.74, 6) is 0.471. The van der Waals surface area contributed by atoms with Gasteiger partial charge in [-0.25, -0.2) is 0 Å². The van der Waals surface area contributed by atoms with Crippen LogP contribution in [0.15, 0.2) is 29.2 Å². The van der Waals surface area contributed by atoms with Crippen molar-refractivity contribution in [1.29, 1.82) is 0 Å². The molecule has 0 spiro atoms.